The Labute approximate surface area is 108 Å². The molecule has 1 saturated carbocycles. The van der Waals surface area contributed by atoms with Gasteiger partial charge in [0.2, 0.25) is 0 Å². The van der Waals surface area contributed by atoms with Crippen LogP contribution in [0.5, 0.6) is 0 Å². The molecule has 0 radical (unpaired) electrons. The van der Waals surface area contributed by atoms with Gasteiger partial charge in [-0.15, -0.1) is 0 Å². The first-order chi connectivity index (χ1) is 8.70. The number of aliphatic carboxylic acids is 1. The molecule has 0 bridgehead atoms. The van der Waals surface area contributed by atoms with E-state index in [0.717, 1.165) is 43.2 Å². The molecule has 1 aromatic carbocycles. The molecule has 3 nitrogen and oxygen atoms in total. The van der Waals surface area contributed by atoms with Crippen molar-refractivity contribution in [2.75, 3.05) is 7.11 Å². The lowest BCUT2D eigenvalue weighted by molar-refractivity contribution is -0.145. The Morgan fingerprint density at radius 3 is 2.56 bits per heavy atom. The Kier molecular flexibility index (Phi) is 4.02. The van der Waals surface area contributed by atoms with Crippen LogP contribution in [-0.4, -0.2) is 18.2 Å². The summed E-state index contributed by atoms with van der Waals surface area (Å²) in [6.45, 7) is 0.477. The number of methoxy groups -OCH3 is 1. The third-order valence-corrected chi connectivity index (χ3v) is 3.95. The second-order valence-corrected chi connectivity index (χ2v) is 5.04. The predicted octanol–water partition coefficient (Wildman–Crippen LogP) is 3.12. The normalized spacial score (nSPS) is 18.5. The van der Waals surface area contributed by atoms with Gasteiger partial charge < -0.3 is 9.84 Å². The largest absolute Gasteiger partial charge is 0.481 e. The monoisotopic (exact) mass is 248 g/mol. The van der Waals surface area contributed by atoms with E-state index in [4.69, 9.17) is 4.74 Å². The van der Waals surface area contributed by atoms with Gasteiger partial charge in [-0.2, -0.15) is 0 Å². The summed E-state index contributed by atoms with van der Waals surface area (Å²) in [7, 11) is 1.64. The van der Waals surface area contributed by atoms with Crippen LogP contribution in [0.25, 0.3) is 0 Å². The molecular formula is C15H20O3. The van der Waals surface area contributed by atoms with E-state index in [1.165, 1.54) is 0 Å². The molecule has 0 heterocycles. The van der Waals surface area contributed by atoms with Gasteiger partial charge in [0.25, 0.3) is 0 Å². The van der Waals surface area contributed by atoms with Gasteiger partial charge in [0, 0.05) is 7.11 Å². The van der Waals surface area contributed by atoms with Crippen molar-refractivity contribution in [2.24, 2.45) is 0 Å². The molecule has 2 rings (SSSR count). The molecule has 0 amide bonds. The van der Waals surface area contributed by atoms with E-state index in [-0.39, 0.29) is 0 Å². The molecule has 0 aromatic heterocycles. The average Bonchev–Trinajstić information content (AvgIpc) is 2.40. The molecule has 0 aliphatic heterocycles. The van der Waals surface area contributed by atoms with Gasteiger partial charge in [-0.3, -0.25) is 4.79 Å². The standard InChI is InChI=1S/C15H20O3/c1-18-11-12-7-3-4-8-13(12)15(14(16)17)9-5-2-6-10-15/h3-4,7-8H,2,5-6,9-11H2,1H3,(H,16,17). The van der Waals surface area contributed by atoms with Gasteiger partial charge in [0.15, 0.2) is 0 Å². The van der Waals surface area contributed by atoms with Crippen molar-refractivity contribution in [1.29, 1.82) is 0 Å². The fourth-order valence-corrected chi connectivity index (χ4v) is 3.02. The first kappa shape index (κ1) is 13.1. The van der Waals surface area contributed by atoms with E-state index in [2.05, 4.69) is 0 Å². The van der Waals surface area contributed by atoms with E-state index >= 15 is 0 Å². The molecular weight excluding hydrogens is 228 g/mol. The summed E-state index contributed by atoms with van der Waals surface area (Å²) in [5.74, 6) is -0.689. The summed E-state index contributed by atoms with van der Waals surface area (Å²) in [6, 6.07) is 7.79. The molecule has 1 fully saturated rings. The average molecular weight is 248 g/mol. The molecule has 1 aromatic rings. The maximum Gasteiger partial charge on any atom is 0.314 e. The van der Waals surface area contributed by atoms with Crippen LogP contribution in [0.3, 0.4) is 0 Å². The molecule has 0 atom stereocenters. The number of benzene rings is 1. The second-order valence-electron chi connectivity index (χ2n) is 5.04. The Morgan fingerprint density at radius 1 is 1.28 bits per heavy atom. The van der Waals surface area contributed by atoms with Gasteiger partial charge in [0.05, 0.1) is 12.0 Å². The Balaban J connectivity index is 2.45. The van der Waals surface area contributed by atoms with Crippen LogP contribution >= 0.6 is 0 Å². The zero-order valence-corrected chi connectivity index (χ0v) is 10.8. The number of ether oxygens (including phenoxy) is 1. The van der Waals surface area contributed by atoms with E-state index in [1.807, 2.05) is 24.3 Å². The molecule has 0 spiro atoms. The molecule has 1 N–H and O–H groups in total. The summed E-state index contributed by atoms with van der Waals surface area (Å²) in [4.78, 5) is 11.8. The SMILES string of the molecule is COCc1ccccc1C1(C(=O)O)CCCCC1. The minimum atomic E-state index is -0.701. The lowest BCUT2D eigenvalue weighted by Gasteiger charge is -2.35. The van der Waals surface area contributed by atoms with Crippen LogP contribution in [-0.2, 0) is 21.6 Å². The van der Waals surface area contributed by atoms with E-state index in [1.54, 1.807) is 7.11 Å². The van der Waals surface area contributed by atoms with Crippen LogP contribution in [0.2, 0.25) is 0 Å². The van der Waals surface area contributed by atoms with Crippen molar-refractivity contribution in [3.05, 3.63) is 35.4 Å². The smallest absolute Gasteiger partial charge is 0.314 e. The summed E-state index contributed by atoms with van der Waals surface area (Å²) >= 11 is 0. The molecule has 98 valence electrons. The number of carbonyl (C=O) groups is 1. The van der Waals surface area contributed by atoms with Crippen molar-refractivity contribution < 1.29 is 14.6 Å². The van der Waals surface area contributed by atoms with Gasteiger partial charge >= 0.3 is 5.97 Å². The first-order valence-corrected chi connectivity index (χ1v) is 6.51. The fourth-order valence-electron chi connectivity index (χ4n) is 3.02. The highest BCUT2D eigenvalue weighted by Gasteiger charge is 2.42. The lowest BCUT2D eigenvalue weighted by Crippen LogP contribution is -2.38. The predicted molar refractivity (Wildman–Crippen MR) is 69.6 cm³/mol. The van der Waals surface area contributed by atoms with Gasteiger partial charge in [0.1, 0.15) is 0 Å². The number of rotatable bonds is 4. The molecule has 3 heteroatoms. The Hall–Kier alpha value is -1.35. The first-order valence-electron chi connectivity index (χ1n) is 6.51. The highest BCUT2D eigenvalue weighted by molar-refractivity contribution is 5.82. The van der Waals surface area contributed by atoms with Crippen molar-refractivity contribution in [1.82, 2.24) is 0 Å². The molecule has 0 saturated heterocycles. The minimum Gasteiger partial charge on any atom is -0.481 e. The minimum absolute atomic E-state index is 0.477. The number of hydrogen-bond donors (Lipinski definition) is 1. The number of carboxylic acids is 1. The topological polar surface area (TPSA) is 46.5 Å². The molecule has 18 heavy (non-hydrogen) atoms. The van der Waals surface area contributed by atoms with Gasteiger partial charge in [-0.25, -0.2) is 0 Å². The van der Waals surface area contributed by atoms with E-state index in [0.29, 0.717) is 6.61 Å². The lowest BCUT2D eigenvalue weighted by atomic mass is 9.68. The Morgan fingerprint density at radius 2 is 1.94 bits per heavy atom. The Bertz CT molecular complexity index is 420. The maximum atomic E-state index is 11.8. The highest BCUT2D eigenvalue weighted by atomic mass is 16.5. The van der Waals surface area contributed by atoms with Crippen molar-refractivity contribution in [2.45, 2.75) is 44.1 Å². The zero-order chi connectivity index (χ0) is 13.0. The van der Waals surface area contributed by atoms with Crippen LogP contribution < -0.4 is 0 Å². The van der Waals surface area contributed by atoms with Gasteiger partial charge in [-0.05, 0) is 24.0 Å². The third kappa shape index (κ3) is 2.27. The van der Waals surface area contributed by atoms with Crippen LogP contribution in [0.4, 0.5) is 0 Å². The van der Waals surface area contributed by atoms with Crippen molar-refractivity contribution in [3.63, 3.8) is 0 Å². The summed E-state index contributed by atoms with van der Waals surface area (Å²) < 4.78 is 5.19. The highest BCUT2D eigenvalue weighted by Crippen LogP contribution is 2.41. The third-order valence-electron chi connectivity index (χ3n) is 3.95. The summed E-state index contributed by atoms with van der Waals surface area (Å²) in [5, 5.41) is 9.69. The van der Waals surface area contributed by atoms with Crippen LogP contribution in [0.1, 0.15) is 43.2 Å². The maximum absolute atomic E-state index is 11.8. The van der Waals surface area contributed by atoms with Crippen LogP contribution in [0.15, 0.2) is 24.3 Å². The second kappa shape index (κ2) is 5.53. The number of hydrogen-bond acceptors (Lipinski definition) is 2. The molecule has 1 aliphatic rings. The molecule has 0 unspecified atom stereocenters. The van der Waals surface area contributed by atoms with Crippen LogP contribution in [0, 0.1) is 0 Å². The fraction of sp³-hybridized carbons (Fsp3) is 0.533. The summed E-state index contributed by atoms with van der Waals surface area (Å²) in [6.07, 6.45) is 4.61. The van der Waals surface area contributed by atoms with Crippen molar-refractivity contribution >= 4 is 5.97 Å². The number of carboxylic acid groups (broad SMARTS) is 1. The molecule has 1 aliphatic carbocycles. The quantitative estimate of drug-likeness (QED) is 0.890. The summed E-state index contributed by atoms with van der Waals surface area (Å²) in [5.41, 5.74) is 1.25. The van der Waals surface area contributed by atoms with Gasteiger partial charge in [-0.1, -0.05) is 43.5 Å². The van der Waals surface area contributed by atoms with E-state index < -0.39 is 11.4 Å². The van der Waals surface area contributed by atoms with E-state index in [9.17, 15) is 9.90 Å². The van der Waals surface area contributed by atoms with Crippen molar-refractivity contribution in [3.8, 4) is 0 Å². The zero-order valence-electron chi connectivity index (χ0n) is 10.8.